The van der Waals surface area contributed by atoms with Gasteiger partial charge in [-0.05, 0) is 12.8 Å². The summed E-state index contributed by atoms with van der Waals surface area (Å²) in [6.45, 7) is 0. The number of carbonyl (C=O) groups excluding carboxylic acids is 1. The summed E-state index contributed by atoms with van der Waals surface area (Å²) in [5.74, 6) is 0.127. The Kier molecular flexibility index (Phi) is 3.56. The molecule has 1 aliphatic heterocycles. The third-order valence-corrected chi connectivity index (χ3v) is 4.26. The third-order valence-electron chi connectivity index (χ3n) is 4.26. The lowest BCUT2D eigenvalue weighted by Crippen LogP contribution is -2.49. The molecule has 19 heavy (non-hydrogen) atoms. The molecule has 1 N–H and O–H groups in total. The molecule has 3 heteroatoms. The maximum atomic E-state index is 12.0. The van der Waals surface area contributed by atoms with Crippen LogP contribution in [0.2, 0.25) is 0 Å². The standard InChI is InChI=1S/C16H21NO2/c18-14-12-16(10-6-1-2-7-11-16)19-15(17-14)13-8-4-3-5-9-13/h3-5,8-9,15H,1-2,6-7,10-12H2,(H,17,18)/t15-/m1/s1. The Labute approximate surface area is 114 Å². The van der Waals surface area contributed by atoms with Crippen molar-refractivity contribution in [3.05, 3.63) is 35.9 Å². The van der Waals surface area contributed by atoms with Gasteiger partial charge >= 0.3 is 0 Å². The van der Waals surface area contributed by atoms with Crippen LogP contribution in [0.4, 0.5) is 0 Å². The highest BCUT2D eigenvalue weighted by Crippen LogP contribution is 2.39. The van der Waals surface area contributed by atoms with Crippen molar-refractivity contribution in [2.75, 3.05) is 0 Å². The Morgan fingerprint density at radius 2 is 1.74 bits per heavy atom. The van der Waals surface area contributed by atoms with Crippen LogP contribution in [0.3, 0.4) is 0 Å². The Morgan fingerprint density at radius 3 is 2.42 bits per heavy atom. The number of hydrogen-bond donors (Lipinski definition) is 1. The monoisotopic (exact) mass is 259 g/mol. The van der Waals surface area contributed by atoms with Crippen molar-refractivity contribution >= 4 is 5.91 Å². The highest BCUT2D eigenvalue weighted by Gasteiger charge is 2.41. The second kappa shape index (κ2) is 5.33. The van der Waals surface area contributed by atoms with Gasteiger partial charge in [-0.1, -0.05) is 56.0 Å². The van der Waals surface area contributed by atoms with E-state index in [1.165, 1.54) is 25.7 Å². The second-order valence-corrected chi connectivity index (χ2v) is 5.75. The Balaban J connectivity index is 1.82. The van der Waals surface area contributed by atoms with E-state index >= 15 is 0 Å². The predicted molar refractivity (Wildman–Crippen MR) is 73.5 cm³/mol. The molecule has 1 amide bonds. The van der Waals surface area contributed by atoms with Crippen LogP contribution < -0.4 is 5.32 Å². The molecular weight excluding hydrogens is 238 g/mol. The molecule has 0 bridgehead atoms. The van der Waals surface area contributed by atoms with Gasteiger partial charge in [0.2, 0.25) is 5.91 Å². The molecule has 1 aromatic carbocycles. The number of benzene rings is 1. The van der Waals surface area contributed by atoms with Crippen LogP contribution in [0, 0.1) is 0 Å². The number of carbonyl (C=O) groups is 1. The van der Waals surface area contributed by atoms with Gasteiger partial charge in [-0.15, -0.1) is 0 Å². The molecule has 1 aliphatic carbocycles. The quantitative estimate of drug-likeness (QED) is 0.840. The summed E-state index contributed by atoms with van der Waals surface area (Å²) in [7, 11) is 0. The minimum absolute atomic E-state index is 0.127. The molecule has 102 valence electrons. The van der Waals surface area contributed by atoms with Crippen molar-refractivity contribution in [1.29, 1.82) is 0 Å². The van der Waals surface area contributed by atoms with Gasteiger partial charge in [0.25, 0.3) is 0 Å². The Morgan fingerprint density at radius 1 is 1.05 bits per heavy atom. The normalized spacial score (nSPS) is 26.7. The molecule has 1 saturated carbocycles. The van der Waals surface area contributed by atoms with Crippen LogP contribution in [0.15, 0.2) is 30.3 Å². The SMILES string of the molecule is O=C1CC2(CCCCCC2)O[C@H](c2ccccc2)N1. The molecule has 3 rings (SSSR count). The maximum Gasteiger partial charge on any atom is 0.225 e. The molecule has 1 saturated heterocycles. The fourth-order valence-corrected chi connectivity index (χ4v) is 3.26. The van der Waals surface area contributed by atoms with Crippen molar-refractivity contribution in [3.8, 4) is 0 Å². The van der Waals surface area contributed by atoms with Gasteiger partial charge in [0, 0.05) is 5.56 Å². The highest BCUT2D eigenvalue weighted by molar-refractivity contribution is 5.78. The van der Waals surface area contributed by atoms with Crippen molar-refractivity contribution in [2.24, 2.45) is 0 Å². The smallest absolute Gasteiger partial charge is 0.225 e. The molecule has 2 aliphatic rings. The average molecular weight is 259 g/mol. The Hall–Kier alpha value is -1.35. The van der Waals surface area contributed by atoms with Crippen molar-refractivity contribution < 1.29 is 9.53 Å². The van der Waals surface area contributed by atoms with Crippen LogP contribution in [-0.2, 0) is 9.53 Å². The lowest BCUT2D eigenvalue weighted by Gasteiger charge is -2.41. The summed E-state index contributed by atoms with van der Waals surface area (Å²) < 4.78 is 6.32. The lowest BCUT2D eigenvalue weighted by molar-refractivity contribution is -0.169. The molecule has 0 radical (unpaired) electrons. The first-order valence-electron chi connectivity index (χ1n) is 7.30. The van der Waals surface area contributed by atoms with Crippen LogP contribution >= 0.6 is 0 Å². The third kappa shape index (κ3) is 2.81. The maximum absolute atomic E-state index is 12.0. The molecule has 3 nitrogen and oxygen atoms in total. The molecule has 1 spiro atoms. The van der Waals surface area contributed by atoms with E-state index in [1.54, 1.807) is 0 Å². The minimum atomic E-state index is -0.277. The number of ether oxygens (including phenoxy) is 1. The van der Waals surface area contributed by atoms with E-state index in [4.69, 9.17) is 4.74 Å². The molecule has 1 aromatic rings. The summed E-state index contributed by atoms with van der Waals surface area (Å²) in [5, 5.41) is 2.96. The molecular formula is C16H21NO2. The summed E-state index contributed by atoms with van der Waals surface area (Å²) in [4.78, 5) is 12.0. The first kappa shape index (κ1) is 12.7. The topological polar surface area (TPSA) is 38.3 Å². The van der Waals surface area contributed by atoms with Crippen LogP contribution in [0.1, 0.15) is 56.7 Å². The van der Waals surface area contributed by atoms with E-state index in [0.717, 1.165) is 18.4 Å². The fourth-order valence-electron chi connectivity index (χ4n) is 3.26. The molecule has 0 unspecified atom stereocenters. The van der Waals surface area contributed by atoms with Crippen molar-refractivity contribution in [2.45, 2.75) is 56.8 Å². The largest absolute Gasteiger partial charge is 0.347 e. The van der Waals surface area contributed by atoms with Crippen LogP contribution in [-0.4, -0.2) is 11.5 Å². The number of rotatable bonds is 1. The Bertz CT molecular complexity index is 435. The summed E-state index contributed by atoms with van der Waals surface area (Å²) >= 11 is 0. The summed E-state index contributed by atoms with van der Waals surface area (Å²) in [6, 6.07) is 9.98. The van der Waals surface area contributed by atoms with Gasteiger partial charge in [-0.3, -0.25) is 4.79 Å². The van der Waals surface area contributed by atoms with Gasteiger partial charge < -0.3 is 10.1 Å². The summed E-state index contributed by atoms with van der Waals surface area (Å²) in [5.41, 5.74) is 0.818. The van der Waals surface area contributed by atoms with E-state index < -0.39 is 0 Å². The van der Waals surface area contributed by atoms with Crippen LogP contribution in [0.25, 0.3) is 0 Å². The minimum Gasteiger partial charge on any atom is -0.347 e. The fraction of sp³-hybridized carbons (Fsp3) is 0.562. The van der Waals surface area contributed by atoms with Crippen LogP contribution in [0.5, 0.6) is 0 Å². The van der Waals surface area contributed by atoms with E-state index in [0.29, 0.717) is 6.42 Å². The molecule has 1 heterocycles. The lowest BCUT2D eigenvalue weighted by atomic mass is 9.88. The van der Waals surface area contributed by atoms with Gasteiger partial charge in [-0.2, -0.15) is 0 Å². The number of hydrogen-bond acceptors (Lipinski definition) is 2. The molecule has 2 fully saturated rings. The van der Waals surface area contributed by atoms with Gasteiger partial charge in [0.05, 0.1) is 12.0 Å². The van der Waals surface area contributed by atoms with E-state index in [1.807, 2.05) is 30.3 Å². The first-order valence-corrected chi connectivity index (χ1v) is 7.30. The number of nitrogens with one attached hydrogen (secondary N) is 1. The van der Waals surface area contributed by atoms with Crippen molar-refractivity contribution in [3.63, 3.8) is 0 Å². The van der Waals surface area contributed by atoms with Gasteiger partial charge in [-0.25, -0.2) is 0 Å². The second-order valence-electron chi connectivity index (χ2n) is 5.75. The molecule has 1 atom stereocenters. The highest BCUT2D eigenvalue weighted by atomic mass is 16.5. The van der Waals surface area contributed by atoms with E-state index in [2.05, 4.69) is 5.32 Å². The number of amides is 1. The van der Waals surface area contributed by atoms with Crippen molar-refractivity contribution in [1.82, 2.24) is 5.32 Å². The zero-order valence-corrected chi connectivity index (χ0v) is 11.2. The zero-order chi connectivity index (χ0) is 13.1. The average Bonchev–Trinajstić information content (AvgIpc) is 2.64. The van der Waals surface area contributed by atoms with Gasteiger partial charge in [0.15, 0.2) is 6.23 Å². The first-order chi connectivity index (χ1) is 9.27. The predicted octanol–water partition coefficient (Wildman–Crippen LogP) is 3.31. The zero-order valence-electron chi connectivity index (χ0n) is 11.2. The molecule has 0 aromatic heterocycles. The van der Waals surface area contributed by atoms with E-state index in [-0.39, 0.29) is 17.7 Å². The summed E-state index contributed by atoms with van der Waals surface area (Å²) in [6.07, 6.45) is 7.17. The van der Waals surface area contributed by atoms with E-state index in [9.17, 15) is 4.79 Å². The van der Waals surface area contributed by atoms with Gasteiger partial charge in [0.1, 0.15) is 0 Å².